The first kappa shape index (κ1) is 18.4. The third kappa shape index (κ3) is 4.67. The number of hydrogen-bond acceptors (Lipinski definition) is 4. The highest BCUT2D eigenvalue weighted by Crippen LogP contribution is 2.37. The summed E-state index contributed by atoms with van der Waals surface area (Å²) in [4.78, 5) is 2.56. The van der Waals surface area contributed by atoms with Crippen LogP contribution >= 0.6 is 0 Å². The van der Waals surface area contributed by atoms with Crippen LogP contribution in [0.5, 0.6) is 0 Å². The van der Waals surface area contributed by atoms with E-state index < -0.39 is 0 Å². The monoisotopic (exact) mass is 295 g/mol. The molecule has 0 aromatic carbocycles. The Bertz CT molecular complexity index is 324. The van der Waals surface area contributed by atoms with Gasteiger partial charge in [-0.3, -0.25) is 4.90 Å². The fourth-order valence-electron chi connectivity index (χ4n) is 3.81. The molecule has 1 N–H and O–H groups in total. The number of nitrogens with one attached hydrogen (secondary N) is 1. The van der Waals surface area contributed by atoms with Gasteiger partial charge in [0, 0.05) is 19.7 Å². The molecule has 4 heteroatoms. The van der Waals surface area contributed by atoms with Gasteiger partial charge in [-0.2, -0.15) is 5.26 Å². The maximum absolute atomic E-state index is 9.55. The third-order valence-corrected chi connectivity index (χ3v) is 5.27. The van der Waals surface area contributed by atoms with E-state index in [1.807, 2.05) is 7.05 Å². The first-order chi connectivity index (χ1) is 10.2. The molecule has 2 atom stereocenters. The van der Waals surface area contributed by atoms with Gasteiger partial charge >= 0.3 is 0 Å². The predicted molar refractivity (Wildman–Crippen MR) is 87.2 cm³/mol. The molecule has 0 bridgehead atoms. The molecule has 1 saturated carbocycles. The smallest absolute Gasteiger partial charge is 0.109 e. The van der Waals surface area contributed by atoms with E-state index in [-0.39, 0.29) is 5.54 Å². The second-order valence-electron chi connectivity index (χ2n) is 6.21. The van der Waals surface area contributed by atoms with Crippen molar-refractivity contribution in [2.24, 2.45) is 5.92 Å². The number of hydrogen-bond donors (Lipinski definition) is 1. The lowest BCUT2D eigenvalue weighted by molar-refractivity contribution is 0.107. The third-order valence-electron chi connectivity index (χ3n) is 5.27. The molecular formula is C17H33N3O. The zero-order chi connectivity index (χ0) is 15.7. The Labute approximate surface area is 130 Å². The van der Waals surface area contributed by atoms with Gasteiger partial charge in [-0.05, 0) is 51.6 Å². The summed E-state index contributed by atoms with van der Waals surface area (Å²) in [5.41, 5.74) is -0.291. The zero-order valence-corrected chi connectivity index (χ0v) is 14.3. The van der Waals surface area contributed by atoms with Gasteiger partial charge in [0.25, 0.3) is 0 Å². The lowest BCUT2D eigenvalue weighted by atomic mass is 9.86. The number of rotatable bonds is 10. The molecule has 1 aliphatic rings. The quantitative estimate of drug-likeness (QED) is 0.673. The lowest BCUT2D eigenvalue weighted by Crippen LogP contribution is -2.46. The first-order valence-electron chi connectivity index (χ1n) is 8.50. The SMILES string of the molecule is CCC(CC)N(CCOC)CCC1CCCC1(C#N)NC. The molecule has 1 fully saturated rings. The minimum absolute atomic E-state index is 0.291. The fourth-order valence-corrected chi connectivity index (χ4v) is 3.81. The van der Waals surface area contributed by atoms with Crippen LogP contribution in [0.3, 0.4) is 0 Å². The molecule has 0 aromatic heterocycles. The highest BCUT2D eigenvalue weighted by Gasteiger charge is 2.41. The zero-order valence-electron chi connectivity index (χ0n) is 14.3. The van der Waals surface area contributed by atoms with Gasteiger partial charge in [0.15, 0.2) is 0 Å². The minimum atomic E-state index is -0.291. The Morgan fingerprint density at radius 1 is 1.38 bits per heavy atom. The van der Waals surface area contributed by atoms with Crippen LogP contribution in [-0.2, 0) is 4.74 Å². The van der Waals surface area contributed by atoms with E-state index in [4.69, 9.17) is 4.74 Å². The second kappa shape index (κ2) is 9.40. The fraction of sp³-hybridized carbons (Fsp3) is 0.941. The Morgan fingerprint density at radius 2 is 2.10 bits per heavy atom. The maximum atomic E-state index is 9.55. The largest absolute Gasteiger partial charge is 0.383 e. The van der Waals surface area contributed by atoms with Crippen molar-refractivity contribution in [2.45, 2.75) is 64.0 Å². The summed E-state index contributed by atoms with van der Waals surface area (Å²) in [6.45, 7) is 7.38. The summed E-state index contributed by atoms with van der Waals surface area (Å²) in [6.07, 6.45) is 6.81. The molecule has 0 heterocycles. The molecule has 21 heavy (non-hydrogen) atoms. The van der Waals surface area contributed by atoms with E-state index in [0.717, 1.165) is 32.5 Å². The van der Waals surface area contributed by atoms with Crippen LogP contribution in [0.2, 0.25) is 0 Å². The van der Waals surface area contributed by atoms with Gasteiger partial charge in [0.05, 0.1) is 12.7 Å². The van der Waals surface area contributed by atoms with Crippen LogP contribution < -0.4 is 5.32 Å². The van der Waals surface area contributed by atoms with Gasteiger partial charge in [-0.15, -0.1) is 0 Å². The average molecular weight is 295 g/mol. The Morgan fingerprint density at radius 3 is 2.62 bits per heavy atom. The molecule has 0 spiro atoms. The van der Waals surface area contributed by atoms with Crippen LogP contribution in [0.1, 0.15) is 52.4 Å². The van der Waals surface area contributed by atoms with Crippen LogP contribution in [0.4, 0.5) is 0 Å². The van der Waals surface area contributed by atoms with Gasteiger partial charge < -0.3 is 10.1 Å². The lowest BCUT2D eigenvalue weighted by Gasteiger charge is -2.34. The molecule has 2 unspecified atom stereocenters. The number of methoxy groups -OCH3 is 1. The van der Waals surface area contributed by atoms with E-state index in [9.17, 15) is 5.26 Å². The number of ether oxygens (including phenoxy) is 1. The molecule has 0 radical (unpaired) electrons. The molecule has 122 valence electrons. The van der Waals surface area contributed by atoms with Gasteiger partial charge in [-0.25, -0.2) is 0 Å². The van der Waals surface area contributed by atoms with Crippen molar-refractivity contribution in [3.8, 4) is 6.07 Å². The molecule has 1 aliphatic carbocycles. The van der Waals surface area contributed by atoms with E-state index in [0.29, 0.717) is 12.0 Å². The van der Waals surface area contributed by atoms with Crippen molar-refractivity contribution in [3.63, 3.8) is 0 Å². The summed E-state index contributed by atoms with van der Waals surface area (Å²) in [5, 5.41) is 12.8. The Kier molecular flexibility index (Phi) is 8.24. The van der Waals surface area contributed by atoms with Crippen LogP contribution in [-0.4, -0.2) is 50.3 Å². The normalized spacial score (nSPS) is 25.7. The predicted octanol–water partition coefficient (Wildman–Crippen LogP) is 2.80. The molecule has 4 nitrogen and oxygen atoms in total. The van der Waals surface area contributed by atoms with E-state index in [1.165, 1.54) is 25.7 Å². The molecule has 1 rings (SSSR count). The van der Waals surface area contributed by atoms with Gasteiger partial charge in [0.2, 0.25) is 0 Å². The Hall–Kier alpha value is -0.630. The molecule has 0 amide bonds. The molecule has 0 saturated heterocycles. The summed E-state index contributed by atoms with van der Waals surface area (Å²) in [7, 11) is 3.70. The minimum Gasteiger partial charge on any atom is -0.383 e. The van der Waals surface area contributed by atoms with Crippen LogP contribution in [0.25, 0.3) is 0 Å². The molecule has 0 aliphatic heterocycles. The van der Waals surface area contributed by atoms with Crippen molar-refractivity contribution < 1.29 is 4.74 Å². The van der Waals surface area contributed by atoms with Crippen molar-refractivity contribution in [2.75, 3.05) is 33.9 Å². The van der Waals surface area contributed by atoms with Crippen molar-refractivity contribution in [1.29, 1.82) is 5.26 Å². The summed E-state index contributed by atoms with van der Waals surface area (Å²) in [6, 6.07) is 3.18. The topological polar surface area (TPSA) is 48.3 Å². The van der Waals surface area contributed by atoms with E-state index in [2.05, 4.69) is 30.1 Å². The van der Waals surface area contributed by atoms with Crippen LogP contribution in [0, 0.1) is 17.2 Å². The second-order valence-corrected chi connectivity index (χ2v) is 6.21. The first-order valence-corrected chi connectivity index (χ1v) is 8.50. The van der Waals surface area contributed by atoms with E-state index in [1.54, 1.807) is 7.11 Å². The average Bonchev–Trinajstić information content (AvgIpc) is 2.93. The van der Waals surface area contributed by atoms with Gasteiger partial charge in [-0.1, -0.05) is 20.3 Å². The standard InChI is InChI=1S/C17H33N3O/c1-5-16(6-2)20(12-13-21-4)11-9-15-8-7-10-17(15,14-18)19-3/h15-16,19H,5-13H2,1-4H3. The summed E-state index contributed by atoms with van der Waals surface area (Å²) in [5.74, 6) is 0.479. The summed E-state index contributed by atoms with van der Waals surface area (Å²) < 4.78 is 5.26. The van der Waals surface area contributed by atoms with Gasteiger partial charge in [0.1, 0.15) is 5.54 Å². The van der Waals surface area contributed by atoms with Crippen molar-refractivity contribution in [1.82, 2.24) is 10.2 Å². The number of nitriles is 1. The Balaban J connectivity index is 2.61. The van der Waals surface area contributed by atoms with Crippen molar-refractivity contribution >= 4 is 0 Å². The summed E-state index contributed by atoms with van der Waals surface area (Å²) >= 11 is 0. The van der Waals surface area contributed by atoms with Crippen LogP contribution in [0.15, 0.2) is 0 Å². The molecule has 0 aromatic rings. The number of nitrogens with zero attached hydrogens (tertiary/aromatic N) is 2. The maximum Gasteiger partial charge on any atom is 0.109 e. The van der Waals surface area contributed by atoms with Crippen molar-refractivity contribution in [3.05, 3.63) is 0 Å². The molecular weight excluding hydrogens is 262 g/mol. The highest BCUT2D eigenvalue weighted by atomic mass is 16.5. The highest BCUT2D eigenvalue weighted by molar-refractivity contribution is 5.13. The van der Waals surface area contributed by atoms with E-state index >= 15 is 0 Å².